The number of nitrogens with one attached hydrogen (secondary N) is 1. The van der Waals surface area contributed by atoms with Gasteiger partial charge in [-0.15, -0.1) is 0 Å². The molecular formula is C14H21NO3. The highest BCUT2D eigenvalue weighted by Gasteiger charge is 2.40. The summed E-state index contributed by atoms with van der Waals surface area (Å²) in [6.45, 7) is 5.96. The molecule has 1 heterocycles. The number of ether oxygens (including phenoxy) is 2. The Balaban J connectivity index is 1.94. The zero-order valence-corrected chi connectivity index (χ0v) is 11.0. The van der Waals surface area contributed by atoms with Gasteiger partial charge in [-0.25, -0.2) is 0 Å². The number of aliphatic hydroxyl groups is 1. The van der Waals surface area contributed by atoms with Crippen LogP contribution in [0, 0.1) is 0 Å². The molecule has 1 unspecified atom stereocenters. The van der Waals surface area contributed by atoms with Crippen LogP contribution in [-0.2, 0) is 4.74 Å². The van der Waals surface area contributed by atoms with Crippen molar-refractivity contribution < 1.29 is 14.6 Å². The van der Waals surface area contributed by atoms with Gasteiger partial charge in [-0.2, -0.15) is 0 Å². The maximum Gasteiger partial charge on any atom is 0.125 e. The monoisotopic (exact) mass is 251 g/mol. The third kappa shape index (κ3) is 2.83. The van der Waals surface area contributed by atoms with E-state index in [0.717, 1.165) is 12.3 Å². The molecule has 4 heteroatoms. The van der Waals surface area contributed by atoms with Gasteiger partial charge in [0.25, 0.3) is 0 Å². The number of benzene rings is 1. The summed E-state index contributed by atoms with van der Waals surface area (Å²) in [6.07, 6.45) is 0. The number of para-hydroxylation sites is 1. The quantitative estimate of drug-likeness (QED) is 0.752. The fraction of sp³-hybridized carbons (Fsp3) is 0.571. The van der Waals surface area contributed by atoms with Crippen molar-refractivity contribution in [1.82, 2.24) is 5.32 Å². The van der Waals surface area contributed by atoms with Gasteiger partial charge in [0, 0.05) is 12.1 Å². The van der Waals surface area contributed by atoms with E-state index in [0.29, 0.717) is 13.2 Å². The normalized spacial score (nSPS) is 20.5. The maximum atomic E-state index is 8.62. The van der Waals surface area contributed by atoms with E-state index in [9.17, 15) is 0 Å². The highest BCUT2D eigenvalue weighted by Crippen LogP contribution is 2.42. The molecule has 0 radical (unpaired) electrons. The number of hydrogen-bond donors (Lipinski definition) is 2. The Morgan fingerprint density at radius 3 is 2.89 bits per heavy atom. The van der Waals surface area contributed by atoms with Crippen molar-refractivity contribution in [2.75, 3.05) is 26.4 Å². The summed E-state index contributed by atoms with van der Waals surface area (Å²) in [7, 11) is 0. The Labute approximate surface area is 108 Å². The number of hydrogen-bond acceptors (Lipinski definition) is 4. The van der Waals surface area contributed by atoms with E-state index < -0.39 is 0 Å². The van der Waals surface area contributed by atoms with E-state index in [-0.39, 0.29) is 18.2 Å². The third-order valence-electron chi connectivity index (χ3n) is 3.13. The summed E-state index contributed by atoms with van der Waals surface area (Å²) in [6, 6.07) is 8.28. The molecule has 1 atom stereocenters. The Morgan fingerprint density at radius 1 is 1.33 bits per heavy atom. The van der Waals surface area contributed by atoms with Gasteiger partial charge in [-0.1, -0.05) is 18.2 Å². The lowest BCUT2D eigenvalue weighted by Gasteiger charge is -2.27. The first-order chi connectivity index (χ1) is 8.65. The highest BCUT2D eigenvalue weighted by molar-refractivity contribution is 5.42. The van der Waals surface area contributed by atoms with E-state index in [2.05, 4.69) is 25.2 Å². The predicted octanol–water partition coefficient (Wildman–Crippen LogP) is 1.50. The smallest absolute Gasteiger partial charge is 0.125 e. The van der Waals surface area contributed by atoms with Crippen LogP contribution in [0.1, 0.15) is 25.5 Å². The minimum Gasteiger partial charge on any atom is -0.486 e. The van der Waals surface area contributed by atoms with E-state index in [4.69, 9.17) is 14.6 Å². The SMILES string of the molecule is CC1(C)Oc2ccccc2C1NCCOCCO. The second-order valence-corrected chi connectivity index (χ2v) is 4.97. The minimum absolute atomic E-state index is 0.0703. The molecule has 1 aliphatic rings. The number of rotatable bonds is 6. The second kappa shape index (κ2) is 5.69. The van der Waals surface area contributed by atoms with Crippen molar-refractivity contribution >= 4 is 0 Å². The molecule has 2 rings (SSSR count). The first-order valence-corrected chi connectivity index (χ1v) is 6.35. The summed E-state index contributed by atoms with van der Waals surface area (Å²) in [5, 5.41) is 12.1. The van der Waals surface area contributed by atoms with Crippen molar-refractivity contribution in [3.8, 4) is 5.75 Å². The Bertz CT molecular complexity index is 392. The molecule has 100 valence electrons. The molecule has 0 fully saturated rings. The summed E-state index contributed by atoms with van der Waals surface area (Å²) in [4.78, 5) is 0. The van der Waals surface area contributed by atoms with Gasteiger partial charge < -0.3 is 19.9 Å². The van der Waals surface area contributed by atoms with Crippen LogP contribution in [0.4, 0.5) is 0 Å². The molecule has 2 N–H and O–H groups in total. The van der Waals surface area contributed by atoms with E-state index in [1.807, 2.05) is 18.2 Å². The molecule has 1 aromatic carbocycles. The fourth-order valence-corrected chi connectivity index (χ4v) is 2.33. The number of fused-ring (bicyclic) bond motifs is 1. The van der Waals surface area contributed by atoms with Crippen LogP contribution in [0.15, 0.2) is 24.3 Å². The Hall–Kier alpha value is -1.10. The van der Waals surface area contributed by atoms with E-state index >= 15 is 0 Å². The average Bonchev–Trinajstić information content (AvgIpc) is 2.60. The molecule has 0 spiro atoms. The highest BCUT2D eigenvalue weighted by atomic mass is 16.5. The Morgan fingerprint density at radius 2 is 2.11 bits per heavy atom. The van der Waals surface area contributed by atoms with Crippen LogP contribution in [-0.4, -0.2) is 37.1 Å². The first kappa shape index (κ1) is 13.3. The Kier molecular flexibility index (Phi) is 4.22. The summed E-state index contributed by atoms with van der Waals surface area (Å²) in [5.41, 5.74) is 0.949. The largest absolute Gasteiger partial charge is 0.486 e. The van der Waals surface area contributed by atoms with Crippen LogP contribution in [0.3, 0.4) is 0 Å². The van der Waals surface area contributed by atoms with Crippen LogP contribution in [0.25, 0.3) is 0 Å². The second-order valence-electron chi connectivity index (χ2n) is 4.97. The van der Waals surface area contributed by atoms with Crippen molar-refractivity contribution in [3.63, 3.8) is 0 Å². The van der Waals surface area contributed by atoms with Gasteiger partial charge in [0.2, 0.25) is 0 Å². The summed E-state index contributed by atoms with van der Waals surface area (Å²) < 4.78 is 11.2. The van der Waals surface area contributed by atoms with E-state index in [1.165, 1.54) is 5.56 Å². The van der Waals surface area contributed by atoms with Gasteiger partial charge in [-0.3, -0.25) is 0 Å². The molecule has 18 heavy (non-hydrogen) atoms. The lowest BCUT2D eigenvalue weighted by atomic mass is 9.94. The van der Waals surface area contributed by atoms with Crippen LogP contribution < -0.4 is 10.1 Å². The summed E-state index contributed by atoms with van der Waals surface area (Å²) in [5.74, 6) is 0.955. The first-order valence-electron chi connectivity index (χ1n) is 6.35. The molecule has 4 nitrogen and oxygen atoms in total. The maximum absolute atomic E-state index is 8.62. The van der Waals surface area contributed by atoms with Gasteiger partial charge >= 0.3 is 0 Å². The lowest BCUT2D eigenvalue weighted by Crippen LogP contribution is -2.40. The van der Waals surface area contributed by atoms with Gasteiger partial charge in [0.15, 0.2) is 0 Å². The van der Waals surface area contributed by atoms with Crippen molar-refractivity contribution in [1.29, 1.82) is 0 Å². The lowest BCUT2D eigenvalue weighted by molar-refractivity contribution is 0.0743. The minimum atomic E-state index is -0.249. The van der Waals surface area contributed by atoms with Gasteiger partial charge in [0.05, 0.1) is 25.9 Å². The summed E-state index contributed by atoms with van der Waals surface area (Å²) >= 11 is 0. The van der Waals surface area contributed by atoms with Crippen molar-refractivity contribution in [2.24, 2.45) is 0 Å². The van der Waals surface area contributed by atoms with Gasteiger partial charge in [-0.05, 0) is 19.9 Å². The molecule has 0 saturated carbocycles. The molecule has 0 aromatic heterocycles. The van der Waals surface area contributed by atoms with Crippen molar-refractivity contribution in [3.05, 3.63) is 29.8 Å². The molecule has 0 saturated heterocycles. The van der Waals surface area contributed by atoms with Crippen LogP contribution in [0.5, 0.6) is 5.75 Å². The molecule has 0 amide bonds. The number of aliphatic hydroxyl groups excluding tert-OH is 1. The zero-order chi connectivity index (χ0) is 13.0. The van der Waals surface area contributed by atoms with Gasteiger partial charge in [0.1, 0.15) is 11.4 Å². The van der Waals surface area contributed by atoms with Crippen molar-refractivity contribution in [2.45, 2.75) is 25.5 Å². The van der Waals surface area contributed by atoms with Crippen LogP contribution in [0.2, 0.25) is 0 Å². The topological polar surface area (TPSA) is 50.7 Å². The third-order valence-corrected chi connectivity index (χ3v) is 3.13. The fourth-order valence-electron chi connectivity index (χ4n) is 2.33. The van der Waals surface area contributed by atoms with E-state index in [1.54, 1.807) is 0 Å². The average molecular weight is 251 g/mol. The molecule has 1 aromatic rings. The predicted molar refractivity (Wildman–Crippen MR) is 69.8 cm³/mol. The standard InChI is InChI=1S/C14H21NO3/c1-14(2)13(15-7-9-17-10-8-16)11-5-3-4-6-12(11)18-14/h3-6,13,15-16H,7-10H2,1-2H3. The molecule has 0 bridgehead atoms. The molecule has 1 aliphatic heterocycles. The zero-order valence-electron chi connectivity index (χ0n) is 11.0. The van der Waals surface area contributed by atoms with Crippen LogP contribution >= 0.6 is 0 Å². The molecular weight excluding hydrogens is 230 g/mol. The molecule has 0 aliphatic carbocycles.